The molecule has 1 aromatic heterocycles. The highest BCUT2D eigenvalue weighted by Crippen LogP contribution is 2.39. The Kier molecular flexibility index (Phi) is 5.29. The Morgan fingerprint density at radius 3 is 2.20 bits per heavy atom. The number of rotatable bonds is 6. The van der Waals surface area contributed by atoms with Crippen molar-refractivity contribution < 1.29 is 24.4 Å². The molecule has 0 fully saturated rings. The molecule has 0 aliphatic heterocycles. The van der Waals surface area contributed by atoms with Crippen LogP contribution in [0, 0.1) is 0 Å². The molecule has 0 aliphatic carbocycles. The Morgan fingerprint density at radius 2 is 1.72 bits per heavy atom. The minimum Gasteiger partial charge on any atom is -0.496 e. The lowest BCUT2D eigenvalue weighted by atomic mass is 9.94. The summed E-state index contributed by atoms with van der Waals surface area (Å²) in [4.78, 5) is 12.9. The smallest absolute Gasteiger partial charge is 0.257 e. The number of hydrogen-bond donors (Lipinski definition) is 2. The summed E-state index contributed by atoms with van der Waals surface area (Å²) >= 11 is 0. The largest absolute Gasteiger partial charge is 0.496 e. The lowest BCUT2D eigenvalue weighted by Gasteiger charge is -2.25. The average Bonchev–Trinajstić information content (AvgIpc) is 2.57. The molecule has 25 heavy (non-hydrogen) atoms. The lowest BCUT2D eigenvalue weighted by molar-refractivity contribution is -0.0472. The maximum Gasteiger partial charge on any atom is 0.257 e. The van der Waals surface area contributed by atoms with E-state index < -0.39 is 11.7 Å². The number of aliphatic hydroxyl groups excluding tert-OH is 1. The van der Waals surface area contributed by atoms with E-state index in [4.69, 9.17) is 14.2 Å². The van der Waals surface area contributed by atoms with Crippen LogP contribution in [-0.2, 0) is 13.5 Å². The highest BCUT2D eigenvalue weighted by molar-refractivity contribution is 5.93. The summed E-state index contributed by atoms with van der Waals surface area (Å²) in [6.07, 6.45) is -1.16. The Balaban J connectivity index is 2.83. The second-order valence-corrected chi connectivity index (χ2v) is 6.45. The van der Waals surface area contributed by atoms with Gasteiger partial charge in [-0.1, -0.05) is 0 Å². The van der Waals surface area contributed by atoms with Gasteiger partial charge < -0.3 is 29.0 Å². The van der Waals surface area contributed by atoms with Crippen LogP contribution >= 0.6 is 0 Å². The predicted octanol–water partition coefficient (Wildman–Crippen LogP) is 1.24. The maximum atomic E-state index is 12.9. The van der Waals surface area contributed by atoms with Gasteiger partial charge in [-0.05, 0) is 26.0 Å². The first-order valence-corrected chi connectivity index (χ1v) is 7.88. The Labute approximate surface area is 146 Å². The van der Waals surface area contributed by atoms with Crippen molar-refractivity contribution in [3.63, 3.8) is 0 Å². The number of aromatic nitrogens is 1. The van der Waals surface area contributed by atoms with Crippen LogP contribution in [0.4, 0.5) is 0 Å². The molecule has 0 saturated carbocycles. The molecule has 1 heterocycles. The molecule has 2 rings (SSSR count). The fraction of sp³-hybridized carbons (Fsp3) is 0.500. The lowest BCUT2D eigenvalue weighted by Crippen LogP contribution is -2.39. The third kappa shape index (κ3) is 3.29. The molecule has 7 heteroatoms. The molecular formula is C18H25NO6. The number of pyridine rings is 1. The summed E-state index contributed by atoms with van der Waals surface area (Å²) in [6, 6.07) is 3.50. The molecule has 0 aliphatic rings. The molecule has 0 radical (unpaired) electrons. The van der Waals surface area contributed by atoms with Gasteiger partial charge in [0.1, 0.15) is 11.3 Å². The van der Waals surface area contributed by atoms with Crippen molar-refractivity contribution in [1.29, 1.82) is 0 Å². The number of fused-ring (bicyclic) bond motifs is 1. The molecule has 0 saturated heterocycles. The van der Waals surface area contributed by atoms with Gasteiger partial charge in [-0.2, -0.15) is 0 Å². The second kappa shape index (κ2) is 6.93. The molecule has 1 unspecified atom stereocenters. The Morgan fingerprint density at radius 1 is 1.12 bits per heavy atom. The van der Waals surface area contributed by atoms with Crippen molar-refractivity contribution in [2.45, 2.75) is 32.0 Å². The van der Waals surface area contributed by atoms with Crippen LogP contribution in [0.15, 0.2) is 16.9 Å². The van der Waals surface area contributed by atoms with Crippen molar-refractivity contribution in [3.05, 3.63) is 28.0 Å². The summed E-state index contributed by atoms with van der Waals surface area (Å²) in [6.45, 7) is 2.98. The van der Waals surface area contributed by atoms with Crippen LogP contribution in [0.1, 0.15) is 19.4 Å². The molecule has 7 nitrogen and oxygen atoms in total. The first kappa shape index (κ1) is 19.1. The SMILES string of the molecule is COc1ccc2c(OC)c(CC(O)C(C)(C)O)c(=O)n(C)c2c1OC. The Hall–Kier alpha value is -2.25. The van der Waals surface area contributed by atoms with E-state index in [0.717, 1.165) is 0 Å². The quantitative estimate of drug-likeness (QED) is 0.814. The van der Waals surface area contributed by atoms with E-state index in [1.807, 2.05) is 0 Å². The van der Waals surface area contributed by atoms with Crippen molar-refractivity contribution >= 4 is 10.9 Å². The van der Waals surface area contributed by atoms with Gasteiger partial charge in [0, 0.05) is 18.9 Å². The molecule has 138 valence electrons. The van der Waals surface area contributed by atoms with E-state index in [1.165, 1.54) is 39.7 Å². The first-order chi connectivity index (χ1) is 11.7. The standard InChI is InChI=1S/C18H25NO6/c1-18(2,22)13(20)9-11-15(24-5)10-7-8-12(23-4)16(25-6)14(10)19(3)17(11)21/h7-8,13,20,22H,9H2,1-6H3. The maximum absolute atomic E-state index is 12.9. The van der Waals surface area contributed by atoms with Crippen molar-refractivity contribution in [2.24, 2.45) is 7.05 Å². The fourth-order valence-corrected chi connectivity index (χ4v) is 2.85. The second-order valence-electron chi connectivity index (χ2n) is 6.45. The zero-order chi connectivity index (χ0) is 18.9. The molecule has 0 bridgehead atoms. The third-order valence-corrected chi connectivity index (χ3v) is 4.35. The molecule has 2 N–H and O–H groups in total. The normalized spacial score (nSPS) is 13.0. The van der Waals surface area contributed by atoms with E-state index in [0.29, 0.717) is 33.7 Å². The van der Waals surface area contributed by atoms with Gasteiger partial charge in [0.05, 0.1) is 38.6 Å². The number of hydrogen-bond acceptors (Lipinski definition) is 6. The van der Waals surface area contributed by atoms with Gasteiger partial charge in [-0.3, -0.25) is 4.79 Å². The van der Waals surface area contributed by atoms with Crippen LogP contribution in [0.5, 0.6) is 17.2 Å². The summed E-state index contributed by atoms with van der Waals surface area (Å²) in [5, 5.41) is 20.9. The summed E-state index contributed by atoms with van der Waals surface area (Å²) in [5.74, 6) is 1.27. The van der Waals surface area contributed by atoms with E-state index in [2.05, 4.69) is 0 Å². The molecule has 1 atom stereocenters. The van der Waals surface area contributed by atoms with Gasteiger partial charge in [0.15, 0.2) is 11.5 Å². The highest BCUT2D eigenvalue weighted by atomic mass is 16.5. The zero-order valence-electron chi connectivity index (χ0n) is 15.4. The van der Waals surface area contributed by atoms with E-state index in [1.54, 1.807) is 19.2 Å². The van der Waals surface area contributed by atoms with Crippen molar-refractivity contribution in [2.75, 3.05) is 21.3 Å². The van der Waals surface area contributed by atoms with Crippen LogP contribution in [0.25, 0.3) is 10.9 Å². The van der Waals surface area contributed by atoms with Gasteiger partial charge in [-0.15, -0.1) is 0 Å². The number of aliphatic hydroxyl groups is 2. The molecular weight excluding hydrogens is 326 g/mol. The first-order valence-electron chi connectivity index (χ1n) is 7.88. The average molecular weight is 351 g/mol. The van der Waals surface area contributed by atoms with Crippen LogP contribution < -0.4 is 19.8 Å². The van der Waals surface area contributed by atoms with Gasteiger partial charge in [-0.25, -0.2) is 0 Å². The number of ether oxygens (including phenoxy) is 3. The van der Waals surface area contributed by atoms with Gasteiger partial charge >= 0.3 is 0 Å². The summed E-state index contributed by atoms with van der Waals surface area (Å²) < 4.78 is 17.6. The highest BCUT2D eigenvalue weighted by Gasteiger charge is 2.29. The Bertz CT molecular complexity index is 834. The van der Waals surface area contributed by atoms with Crippen LogP contribution in [0.3, 0.4) is 0 Å². The summed E-state index contributed by atoms with van der Waals surface area (Å²) in [5.41, 5.74) is -0.855. The molecule has 0 amide bonds. The fourth-order valence-electron chi connectivity index (χ4n) is 2.85. The van der Waals surface area contributed by atoms with Crippen LogP contribution in [0.2, 0.25) is 0 Å². The summed E-state index contributed by atoms with van der Waals surface area (Å²) in [7, 11) is 6.10. The van der Waals surface area contributed by atoms with Crippen LogP contribution in [-0.4, -0.2) is 47.8 Å². The van der Waals surface area contributed by atoms with Gasteiger partial charge in [0.25, 0.3) is 5.56 Å². The monoisotopic (exact) mass is 351 g/mol. The zero-order valence-corrected chi connectivity index (χ0v) is 15.4. The topological polar surface area (TPSA) is 90.2 Å². The predicted molar refractivity (Wildman–Crippen MR) is 94.9 cm³/mol. The minimum absolute atomic E-state index is 0.0381. The van der Waals surface area contributed by atoms with Gasteiger partial charge in [0.2, 0.25) is 0 Å². The van der Waals surface area contributed by atoms with Crippen molar-refractivity contribution in [3.8, 4) is 17.2 Å². The van der Waals surface area contributed by atoms with E-state index in [9.17, 15) is 15.0 Å². The number of aryl methyl sites for hydroxylation is 1. The molecule has 0 spiro atoms. The van der Waals surface area contributed by atoms with Crippen molar-refractivity contribution in [1.82, 2.24) is 4.57 Å². The number of methoxy groups -OCH3 is 3. The number of nitrogens with zero attached hydrogens (tertiary/aromatic N) is 1. The van der Waals surface area contributed by atoms with E-state index in [-0.39, 0.29) is 12.0 Å². The van der Waals surface area contributed by atoms with E-state index >= 15 is 0 Å². The third-order valence-electron chi connectivity index (χ3n) is 4.35. The number of benzene rings is 1. The molecule has 1 aromatic carbocycles. The molecule has 2 aromatic rings. The minimum atomic E-state index is -1.34.